The van der Waals surface area contributed by atoms with Crippen molar-refractivity contribution in [3.05, 3.63) is 29.8 Å². The van der Waals surface area contributed by atoms with Gasteiger partial charge in [-0.25, -0.2) is 4.79 Å². The highest BCUT2D eigenvalue weighted by Gasteiger charge is 2.31. The van der Waals surface area contributed by atoms with E-state index < -0.39 is 66.1 Å². The number of carbonyl (C=O) groups excluding carboxylic acids is 8. The predicted molar refractivity (Wildman–Crippen MR) is 234 cm³/mol. The number of carboxylic acids is 1. The zero-order valence-corrected chi connectivity index (χ0v) is 37.8. The Morgan fingerprint density at radius 3 is 1.80 bits per heavy atom. The molecule has 0 heterocycles. The smallest absolute Gasteiger partial charge is 0.312 e. The van der Waals surface area contributed by atoms with Crippen molar-refractivity contribution in [3.63, 3.8) is 0 Å². The van der Waals surface area contributed by atoms with Gasteiger partial charge in [0.15, 0.2) is 0 Å². The molecule has 65 heavy (non-hydrogen) atoms. The fourth-order valence-corrected chi connectivity index (χ4v) is 5.45. The molecular formula is C42H68N8O15. The van der Waals surface area contributed by atoms with Crippen LogP contribution < -0.4 is 43.0 Å². The molecule has 1 rings (SSSR count). The molecule has 0 radical (unpaired) electrons. The number of hydrogen-bond acceptors (Lipinski definition) is 14. The number of rotatable bonds is 36. The second kappa shape index (κ2) is 34.5. The number of primary amides is 1. The van der Waals surface area contributed by atoms with Crippen LogP contribution in [0.15, 0.2) is 24.3 Å². The Labute approximate surface area is 379 Å². The molecule has 8 amide bonds. The normalized spacial score (nSPS) is 12.2. The number of hydrogen-bond donors (Lipinski definition) is 9. The van der Waals surface area contributed by atoms with Crippen LogP contribution in [0.5, 0.6) is 0 Å². The number of benzene rings is 1. The van der Waals surface area contributed by atoms with Gasteiger partial charge in [-0.2, -0.15) is 0 Å². The summed E-state index contributed by atoms with van der Waals surface area (Å²) in [6.07, 6.45) is -0.184. The summed E-state index contributed by atoms with van der Waals surface area (Å²) >= 11 is 0. The molecule has 0 saturated carbocycles. The van der Waals surface area contributed by atoms with Crippen LogP contribution in [0.4, 0.5) is 10.5 Å². The lowest BCUT2D eigenvalue weighted by atomic mass is 10.0. The molecule has 0 aliphatic heterocycles. The van der Waals surface area contributed by atoms with Crippen molar-refractivity contribution >= 4 is 59.1 Å². The van der Waals surface area contributed by atoms with E-state index in [0.717, 1.165) is 0 Å². The number of nitrogens with two attached hydrogens (primary N) is 1. The first-order valence-corrected chi connectivity index (χ1v) is 21.5. The van der Waals surface area contributed by atoms with Gasteiger partial charge in [-0.05, 0) is 42.9 Å². The monoisotopic (exact) mass is 924 g/mol. The van der Waals surface area contributed by atoms with Crippen molar-refractivity contribution in [1.82, 2.24) is 31.9 Å². The quantitative estimate of drug-likeness (QED) is 0.0306. The molecule has 0 aliphatic rings. The lowest BCUT2D eigenvalue weighted by molar-refractivity contribution is -0.144. The number of aliphatic carboxylic acids is 1. The summed E-state index contributed by atoms with van der Waals surface area (Å²) in [5, 5.41) is 27.5. The summed E-state index contributed by atoms with van der Waals surface area (Å²) < 4.78 is 26.8. The van der Waals surface area contributed by atoms with Gasteiger partial charge in [0.05, 0.1) is 52.9 Å². The Balaban J connectivity index is 2.61. The number of anilines is 1. The molecular weight excluding hydrogens is 857 g/mol. The fraction of sp³-hybridized carbons (Fsp3) is 0.643. The highest BCUT2D eigenvalue weighted by atomic mass is 16.6. The minimum Gasteiger partial charge on any atom is -0.481 e. The minimum absolute atomic E-state index is 0.0278. The van der Waals surface area contributed by atoms with Crippen molar-refractivity contribution in [2.24, 2.45) is 11.7 Å². The Morgan fingerprint density at radius 1 is 0.631 bits per heavy atom. The van der Waals surface area contributed by atoms with Gasteiger partial charge in [-0.15, -0.1) is 0 Å². The summed E-state index contributed by atoms with van der Waals surface area (Å²) in [5.41, 5.74) is 6.23. The minimum atomic E-state index is -1.32. The predicted octanol–water partition coefficient (Wildman–Crippen LogP) is -0.399. The third kappa shape index (κ3) is 29.2. The molecule has 1 aromatic rings. The van der Waals surface area contributed by atoms with Gasteiger partial charge in [0.1, 0.15) is 24.7 Å². The van der Waals surface area contributed by atoms with Gasteiger partial charge >= 0.3 is 18.0 Å². The van der Waals surface area contributed by atoms with Crippen LogP contribution in [-0.4, -0.2) is 149 Å². The Hall–Kier alpha value is -5.91. The average Bonchev–Trinajstić information content (AvgIpc) is 3.25. The average molecular weight is 925 g/mol. The number of ether oxygens (including phenoxy) is 5. The first-order valence-electron chi connectivity index (χ1n) is 21.5. The SMILES string of the molecule is CCC(=O)OCc1ccc(NC(=O)[C@H](CCCNC(N)=O)NC(=O)[C@@H](NC(=O)[C@H](CCC(=O)O)NC(=O)CCOCCOCCOCCOCCNC(=O)CCNC(C)=O)C(C)C)cc1. The van der Waals surface area contributed by atoms with Crippen molar-refractivity contribution in [2.75, 3.05) is 77.8 Å². The number of carboxylic acid groups (broad SMARTS) is 1. The first-order chi connectivity index (χ1) is 31.0. The molecule has 0 bridgehead atoms. The van der Waals surface area contributed by atoms with E-state index in [1.54, 1.807) is 45.0 Å². The van der Waals surface area contributed by atoms with Crippen LogP contribution in [0, 0.1) is 5.92 Å². The van der Waals surface area contributed by atoms with Crippen molar-refractivity contribution in [1.29, 1.82) is 0 Å². The van der Waals surface area contributed by atoms with Gasteiger partial charge in [0.25, 0.3) is 0 Å². The Kier molecular flexibility index (Phi) is 30.3. The van der Waals surface area contributed by atoms with E-state index in [2.05, 4.69) is 37.2 Å². The van der Waals surface area contributed by atoms with Gasteiger partial charge in [-0.3, -0.25) is 38.4 Å². The van der Waals surface area contributed by atoms with Crippen LogP contribution >= 0.6 is 0 Å². The summed E-state index contributed by atoms with van der Waals surface area (Å²) in [7, 11) is 0. The largest absolute Gasteiger partial charge is 0.481 e. The first kappa shape index (κ1) is 57.1. The summed E-state index contributed by atoms with van der Waals surface area (Å²) in [6.45, 7) is 8.99. The molecule has 23 heteroatoms. The standard InChI is InChI=1S/C42H68N8O15/c1-5-37(56)65-27-30-8-10-31(11-9-30)47-39(57)32(7-6-16-46-42(43)60)49-41(59)38(28(2)3)50-40(58)33(12-13-36(54)55)48-35(53)15-19-61-21-23-63-25-26-64-24-22-62-20-18-45-34(52)14-17-44-29(4)51/h8-11,28,32-33,38H,5-7,12-27H2,1-4H3,(H,44,51)(H,45,52)(H,47,57)(H,48,53)(H,49,59)(H,50,58)(H,54,55)(H3,43,46,60)/t32-,33-,38-/m0/s1. The van der Waals surface area contributed by atoms with Gasteiger partial charge in [0.2, 0.25) is 35.4 Å². The van der Waals surface area contributed by atoms with E-state index in [0.29, 0.717) is 44.2 Å². The van der Waals surface area contributed by atoms with E-state index >= 15 is 0 Å². The maximum absolute atomic E-state index is 13.7. The van der Waals surface area contributed by atoms with Crippen LogP contribution in [0.25, 0.3) is 0 Å². The Morgan fingerprint density at radius 2 is 1.23 bits per heavy atom. The van der Waals surface area contributed by atoms with Crippen molar-refractivity contribution in [2.45, 2.75) is 97.4 Å². The molecule has 10 N–H and O–H groups in total. The molecule has 0 saturated heterocycles. The third-order valence-corrected chi connectivity index (χ3v) is 8.94. The molecule has 23 nitrogen and oxygen atoms in total. The molecule has 0 spiro atoms. The lowest BCUT2D eigenvalue weighted by Crippen LogP contribution is -2.58. The molecule has 1 aromatic carbocycles. The topological polar surface area (TPSA) is 330 Å². The van der Waals surface area contributed by atoms with E-state index in [1.165, 1.54) is 6.92 Å². The molecule has 3 atom stereocenters. The van der Waals surface area contributed by atoms with Crippen LogP contribution in [0.1, 0.15) is 78.2 Å². The molecule has 0 fully saturated rings. The van der Waals surface area contributed by atoms with Crippen molar-refractivity contribution < 1.29 is 71.9 Å². The van der Waals surface area contributed by atoms with Crippen LogP contribution in [-0.2, 0) is 68.6 Å². The zero-order chi connectivity index (χ0) is 48.4. The maximum Gasteiger partial charge on any atom is 0.312 e. The summed E-state index contributed by atoms with van der Waals surface area (Å²) in [6, 6.07) is 2.08. The fourth-order valence-electron chi connectivity index (χ4n) is 5.45. The van der Waals surface area contributed by atoms with E-state index in [9.17, 15) is 48.3 Å². The highest BCUT2D eigenvalue weighted by molar-refractivity contribution is 5.99. The number of carbonyl (C=O) groups is 9. The molecule has 366 valence electrons. The van der Waals surface area contributed by atoms with Crippen LogP contribution in [0.3, 0.4) is 0 Å². The molecule has 0 aromatic heterocycles. The third-order valence-electron chi connectivity index (χ3n) is 8.94. The zero-order valence-electron chi connectivity index (χ0n) is 37.8. The number of esters is 1. The van der Waals surface area contributed by atoms with Crippen LogP contribution in [0.2, 0.25) is 0 Å². The van der Waals surface area contributed by atoms with Gasteiger partial charge in [-0.1, -0.05) is 32.9 Å². The molecule has 0 aliphatic carbocycles. The molecule has 0 unspecified atom stereocenters. The van der Waals surface area contributed by atoms with Crippen molar-refractivity contribution in [3.8, 4) is 0 Å². The summed E-state index contributed by atoms with van der Waals surface area (Å²) in [4.78, 5) is 110. The number of nitrogens with one attached hydrogen (secondary N) is 7. The van der Waals surface area contributed by atoms with E-state index in [-0.39, 0.29) is 102 Å². The second-order valence-electron chi connectivity index (χ2n) is 14.8. The van der Waals surface area contributed by atoms with E-state index in [4.69, 9.17) is 29.4 Å². The maximum atomic E-state index is 13.7. The number of amides is 8. The van der Waals surface area contributed by atoms with E-state index in [1.807, 2.05) is 0 Å². The van der Waals surface area contributed by atoms with Gasteiger partial charge < -0.3 is 71.7 Å². The highest BCUT2D eigenvalue weighted by Crippen LogP contribution is 2.13. The van der Waals surface area contributed by atoms with Gasteiger partial charge in [0, 0.05) is 57.9 Å². The second-order valence-corrected chi connectivity index (χ2v) is 14.8. The lowest BCUT2D eigenvalue weighted by Gasteiger charge is -2.27. The number of urea groups is 1. The Bertz CT molecular complexity index is 1650. The summed E-state index contributed by atoms with van der Waals surface area (Å²) in [5.74, 6) is -5.21.